The molecule has 0 fully saturated rings. The first-order valence-corrected chi connectivity index (χ1v) is 11.2. The Kier molecular flexibility index (Phi) is 8.31. The number of phenolic OH excluding ortho intramolecular Hbond substituents is 1. The van der Waals surface area contributed by atoms with Gasteiger partial charge in [0, 0.05) is 11.0 Å². The summed E-state index contributed by atoms with van der Waals surface area (Å²) in [5.74, 6) is -0.437. The second-order valence-electron chi connectivity index (χ2n) is 9.16. The summed E-state index contributed by atoms with van der Waals surface area (Å²) in [7, 11) is 0. The number of unbranched alkanes of at least 4 members (excludes halogenated alkanes) is 2. The Hall–Kier alpha value is -2.07. The summed E-state index contributed by atoms with van der Waals surface area (Å²) >= 11 is 0. The lowest BCUT2D eigenvalue weighted by Crippen LogP contribution is -2.35. The molecular weight excluding hydrogens is 376 g/mol. The summed E-state index contributed by atoms with van der Waals surface area (Å²) in [5.41, 5.74) is 3.36. The summed E-state index contributed by atoms with van der Waals surface area (Å²) in [4.78, 5) is 12.5. The van der Waals surface area contributed by atoms with E-state index < -0.39 is 17.3 Å². The van der Waals surface area contributed by atoms with E-state index in [4.69, 9.17) is 4.74 Å². The molecule has 0 radical (unpaired) electrons. The van der Waals surface area contributed by atoms with Gasteiger partial charge in [0.15, 0.2) is 0 Å². The quantitative estimate of drug-likeness (QED) is 0.230. The van der Waals surface area contributed by atoms with E-state index in [0.717, 1.165) is 49.7 Å². The maximum Gasteiger partial charge on any atom is 0.316 e. The summed E-state index contributed by atoms with van der Waals surface area (Å²) < 4.78 is 5.79. The number of esters is 1. The highest BCUT2D eigenvalue weighted by molar-refractivity contribution is 5.76. The summed E-state index contributed by atoms with van der Waals surface area (Å²) in [5, 5.41) is 20.5. The van der Waals surface area contributed by atoms with E-state index in [9.17, 15) is 15.0 Å². The van der Waals surface area contributed by atoms with Gasteiger partial charge in [0.1, 0.15) is 11.5 Å². The number of aromatic hydroxyl groups is 1. The van der Waals surface area contributed by atoms with Gasteiger partial charge in [0.05, 0.1) is 12.5 Å². The van der Waals surface area contributed by atoms with Crippen LogP contribution in [0.15, 0.2) is 35.9 Å². The fraction of sp³-hybridized carbons (Fsp3) is 0.577. The van der Waals surface area contributed by atoms with Crippen molar-refractivity contribution in [1.82, 2.24) is 0 Å². The Morgan fingerprint density at radius 2 is 2.07 bits per heavy atom. The van der Waals surface area contributed by atoms with E-state index in [1.165, 1.54) is 5.57 Å². The summed E-state index contributed by atoms with van der Waals surface area (Å²) in [6, 6.07) is 3.71. The molecule has 0 heterocycles. The fourth-order valence-electron chi connectivity index (χ4n) is 4.65. The van der Waals surface area contributed by atoms with Crippen LogP contribution in [-0.2, 0) is 16.6 Å². The van der Waals surface area contributed by atoms with Gasteiger partial charge in [0.25, 0.3) is 0 Å². The zero-order valence-corrected chi connectivity index (χ0v) is 19.3. The molecule has 0 bridgehead atoms. The smallest absolute Gasteiger partial charge is 0.316 e. The monoisotopic (exact) mass is 414 g/mol. The van der Waals surface area contributed by atoms with Crippen LogP contribution in [0.1, 0.15) is 77.8 Å². The van der Waals surface area contributed by atoms with E-state index >= 15 is 0 Å². The van der Waals surface area contributed by atoms with E-state index in [1.807, 2.05) is 19.1 Å². The molecule has 3 unspecified atom stereocenters. The standard InChI is InChI=1S/C26H38O4/c1-7-8-9-10-20-13-22(28)24(23(14-20)30-25(29)19(5)16-27)26(6)15-18(4)11-12-21(26)17(2)3/h13-15,19,21,27-28H,2,7-12,16H2,1,3-6H3. The highest BCUT2D eigenvalue weighted by Crippen LogP contribution is 2.51. The molecule has 166 valence electrons. The van der Waals surface area contributed by atoms with Gasteiger partial charge in [-0.15, -0.1) is 0 Å². The van der Waals surface area contributed by atoms with Crippen LogP contribution in [0.5, 0.6) is 11.5 Å². The molecule has 4 heteroatoms. The van der Waals surface area contributed by atoms with Crippen LogP contribution in [0.2, 0.25) is 0 Å². The van der Waals surface area contributed by atoms with E-state index in [0.29, 0.717) is 11.3 Å². The summed E-state index contributed by atoms with van der Waals surface area (Å²) in [6.45, 7) is 13.9. The Morgan fingerprint density at radius 3 is 2.67 bits per heavy atom. The predicted octanol–water partition coefficient (Wildman–Crippen LogP) is 5.85. The first kappa shape index (κ1) is 24.2. The molecule has 0 aromatic heterocycles. The molecule has 0 saturated heterocycles. The van der Waals surface area contributed by atoms with Crippen molar-refractivity contribution >= 4 is 5.97 Å². The third-order valence-corrected chi connectivity index (χ3v) is 6.33. The van der Waals surface area contributed by atoms with Crippen LogP contribution in [0.4, 0.5) is 0 Å². The molecule has 1 aromatic carbocycles. The number of carbonyl (C=O) groups is 1. The molecule has 2 rings (SSSR count). The van der Waals surface area contributed by atoms with Crippen LogP contribution in [0.25, 0.3) is 0 Å². The van der Waals surface area contributed by atoms with Crippen molar-refractivity contribution in [2.45, 2.75) is 78.6 Å². The van der Waals surface area contributed by atoms with Crippen LogP contribution >= 0.6 is 0 Å². The molecule has 0 saturated carbocycles. The van der Waals surface area contributed by atoms with Gasteiger partial charge in [-0.2, -0.15) is 0 Å². The number of allylic oxidation sites excluding steroid dienone is 3. The number of carbonyl (C=O) groups excluding carboxylic acids is 1. The molecule has 0 aliphatic heterocycles. The van der Waals surface area contributed by atoms with Crippen molar-refractivity contribution in [3.63, 3.8) is 0 Å². The van der Waals surface area contributed by atoms with Gasteiger partial charge in [-0.1, -0.05) is 50.5 Å². The number of aliphatic hydroxyl groups excluding tert-OH is 1. The van der Waals surface area contributed by atoms with E-state index in [2.05, 4.69) is 33.4 Å². The third kappa shape index (κ3) is 5.34. The van der Waals surface area contributed by atoms with Crippen molar-refractivity contribution in [1.29, 1.82) is 0 Å². The minimum absolute atomic E-state index is 0.130. The van der Waals surface area contributed by atoms with Gasteiger partial charge in [0.2, 0.25) is 0 Å². The largest absolute Gasteiger partial charge is 0.507 e. The first-order chi connectivity index (χ1) is 14.1. The van der Waals surface area contributed by atoms with Crippen LogP contribution in [0, 0.1) is 11.8 Å². The molecule has 1 aliphatic carbocycles. The second kappa shape index (κ2) is 10.3. The number of aryl methyl sites for hydroxylation is 1. The normalized spacial score (nSPS) is 22.3. The molecule has 3 atom stereocenters. The molecule has 1 aromatic rings. The number of aliphatic hydroxyl groups is 1. The second-order valence-corrected chi connectivity index (χ2v) is 9.16. The topological polar surface area (TPSA) is 66.8 Å². The number of hydrogen-bond donors (Lipinski definition) is 2. The molecule has 0 amide bonds. The number of ether oxygens (including phenoxy) is 1. The SMILES string of the molecule is C=C(C)C1CCC(C)=CC1(C)c1c(O)cc(CCCCC)cc1OC(=O)C(C)CO. The van der Waals surface area contributed by atoms with Crippen LogP contribution in [0.3, 0.4) is 0 Å². The van der Waals surface area contributed by atoms with Crippen LogP contribution < -0.4 is 4.74 Å². The van der Waals surface area contributed by atoms with Gasteiger partial charge >= 0.3 is 5.97 Å². The lowest BCUT2D eigenvalue weighted by molar-refractivity contribution is -0.139. The Bertz CT molecular complexity index is 807. The highest BCUT2D eigenvalue weighted by Gasteiger charge is 2.41. The number of benzene rings is 1. The number of phenols is 1. The van der Waals surface area contributed by atoms with Gasteiger partial charge in [-0.3, -0.25) is 4.79 Å². The molecule has 4 nitrogen and oxygen atoms in total. The zero-order chi connectivity index (χ0) is 22.5. The predicted molar refractivity (Wildman–Crippen MR) is 122 cm³/mol. The van der Waals surface area contributed by atoms with Gasteiger partial charge < -0.3 is 14.9 Å². The third-order valence-electron chi connectivity index (χ3n) is 6.33. The van der Waals surface area contributed by atoms with Gasteiger partial charge in [-0.05, 0) is 70.1 Å². The minimum Gasteiger partial charge on any atom is -0.507 e. The van der Waals surface area contributed by atoms with Crippen molar-refractivity contribution in [3.8, 4) is 11.5 Å². The fourth-order valence-corrected chi connectivity index (χ4v) is 4.65. The highest BCUT2D eigenvalue weighted by atomic mass is 16.5. The van der Waals surface area contributed by atoms with E-state index in [-0.39, 0.29) is 18.3 Å². The average Bonchev–Trinajstić information content (AvgIpc) is 2.66. The Morgan fingerprint density at radius 1 is 1.37 bits per heavy atom. The number of rotatable bonds is 9. The molecule has 2 N–H and O–H groups in total. The lowest BCUT2D eigenvalue weighted by atomic mass is 9.63. The molecule has 0 spiro atoms. The number of hydrogen-bond acceptors (Lipinski definition) is 4. The van der Waals surface area contributed by atoms with Gasteiger partial charge in [-0.25, -0.2) is 0 Å². The van der Waals surface area contributed by atoms with Crippen molar-refractivity contribution in [2.24, 2.45) is 11.8 Å². The van der Waals surface area contributed by atoms with E-state index in [1.54, 1.807) is 6.92 Å². The maximum atomic E-state index is 12.5. The van der Waals surface area contributed by atoms with Crippen molar-refractivity contribution in [3.05, 3.63) is 47.1 Å². The molecule has 30 heavy (non-hydrogen) atoms. The Labute approximate surface area is 181 Å². The summed E-state index contributed by atoms with van der Waals surface area (Å²) in [6.07, 6.45) is 8.16. The van der Waals surface area contributed by atoms with Crippen LogP contribution in [-0.4, -0.2) is 22.8 Å². The average molecular weight is 415 g/mol. The zero-order valence-electron chi connectivity index (χ0n) is 19.3. The lowest BCUT2D eigenvalue weighted by Gasteiger charge is -2.41. The molecule has 1 aliphatic rings. The minimum atomic E-state index is -0.628. The van der Waals surface area contributed by atoms with Crippen molar-refractivity contribution in [2.75, 3.05) is 6.61 Å². The molecular formula is C26H38O4. The maximum absolute atomic E-state index is 12.5. The van der Waals surface area contributed by atoms with Crippen molar-refractivity contribution < 1.29 is 19.7 Å². The Balaban J connectivity index is 2.61. The first-order valence-electron chi connectivity index (χ1n) is 11.2.